The maximum Gasteiger partial charge on any atom is 0.240 e. The van der Waals surface area contributed by atoms with Crippen LogP contribution in [0.4, 0.5) is 4.39 Å². The summed E-state index contributed by atoms with van der Waals surface area (Å²) in [5.41, 5.74) is 0.189. The zero-order chi connectivity index (χ0) is 20.4. The van der Waals surface area contributed by atoms with E-state index in [4.69, 9.17) is 0 Å². The molecule has 3 rings (SSSR count). The topological polar surface area (TPSA) is 80.3 Å². The smallest absolute Gasteiger partial charge is 0.223 e. The van der Waals surface area contributed by atoms with Crippen molar-refractivity contribution in [1.29, 1.82) is 0 Å². The van der Waals surface area contributed by atoms with Gasteiger partial charge in [0, 0.05) is 11.4 Å². The molecule has 0 saturated heterocycles. The molecule has 28 heavy (non-hydrogen) atoms. The van der Waals surface area contributed by atoms with Crippen LogP contribution in [0.15, 0.2) is 75.8 Å². The van der Waals surface area contributed by atoms with Gasteiger partial charge in [0.2, 0.25) is 10.0 Å². The lowest BCUT2D eigenvalue weighted by Gasteiger charge is -2.17. The minimum absolute atomic E-state index is 0.116. The van der Waals surface area contributed by atoms with Crippen molar-refractivity contribution in [3.05, 3.63) is 82.3 Å². The summed E-state index contributed by atoms with van der Waals surface area (Å²) in [4.78, 5) is 0.528. The number of halogens is 1. The first-order valence-electron chi connectivity index (χ1n) is 8.30. The molecule has 1 atom stereocenters. The average Bonchev–Trinajstić information content (AvgIpc) is 3.18. The van der Waals surface area contributed by atoms with Crippen LogP contribution >= 0.6 is 11.3 Å². The van der Waals surface area contributed by atoms with Gasteiger partial charge in [0.15, 0.2) is 9.84 Å². The van der Waals surface area contributed by atoms with Gasteiger partial charge < -0.3 is 0 Å². The van der Waals surface area contributed by atoms with Crippen LogP contribution in [0.2, 0.25) is 0 Å². The van der Waals surface area contributed by atoms with Crippen LogP contribution in [0.25, 0.3) is 0 Å². The van der Waals surface area contributed by atoms with E-state index in [9.17, 15) is 21.2 Å². The van der Waals surface area contributed by atoms with E-state index in [2.05, 4.69) is 4.72 Å². The van der Waals surface area contributed by atoms with E-state index in [-0.39, 0.29) is 21.9 Å². The fourth-order valence-electron chi connectivity index (χ4n) is 2.67. The lowest BCUT2D eigenvalue weighted by molar-refractivity contribution is 0.569. The Balaban J connectivity index is 1.92. The van der Waals surface area contributed by atoms with Crippen LogP contribution in [-0.2, 0) is 19.9 Å². The van der Waals surface area contributed by atoms with Gasteiger partial charge in [0.05, 0.1) is 9.79 Å². The fourth-order valence-corrected chi connectivity index (χ4v) is 6.71. The van der Waals surface area contributed by atoms with Gasteiger partial charge in [-0.3, -0.25) is 0 Å². The van der Waals surface area contributed by atoms with Crippen LogP contribution in [0, 0.1) is 12.7 Å². The second-order valence-corrected chi connectivity index (χ2v) is 11.0. The summed E-state index contributed by atoms with van der Waals surface area (Å²) in [7, 11) is -7.82. The van der Waals surface area contributed by atoms with E-state index in [0.29, 0.717) is 4.88 Å². The molecule has 0 bridgehead atoms. The molecule has 1 heterocycles. The summed E-state index contributed by atoms with van der Waals surface area (Å²) in [6.07, 6.45) is 0. The van der Waals surface area contributed by atoms with Crippen molar-refractivity contribution in [1.82, 2.24) is 4.72 Å². The third-order valence-corrected chi connectivity index (χ3v) is 8.86. The molecule has 3 aromatic rings. The fraction of sp³-hybridized carbons (Fsp3) is 0.158. The molecule has 148 valence electrons. The number of sulfone groups is 1. The van der Waals surface area contributed by atoms with Crippen LogP contribution < -0.4 is 4.72 Å². The van der Waals surface area contributed by atoms with E-state index >= 15 is 0 Å². The van der Waals surface area contributed by atoms with Gasteiger partial charge in [-0.15, -0.1) is 11.3 Å². The predicted molar refractivity (Wildman–Crippen MR) is 107 cm³/mol. The SMILES string of the molecule is Cc1cc(S(=O)(=O)NCC(c2cccs2)S(=O)(=O)c2ccccc2)ccc1F. The molecule has 0 saturated carbocycles. The molecule has 5 nitrogen and oxygen atoms in total. The number of benzene rings is 2. The summed E-state index contributed by atoms with van der Waals surface area (Å²) in [6, 6.07) is 14.7. The van der Waals surface area contributed by atoms with E-state index in [1.807, 2.05) is 0 Å². The van der Waals surface area contributed by atoms with Crippen LogP contribution in [0.5, 0.6) is 0 Å². The Bertz CT molecular complexity index is 1160. The summed E-state index contributed by atoms with van der Waals surface area (Å²) in [5, 5.41) is 0.659. The summed E-state index contributed by atoms with van der Waals surface area (Å²) >= 11 is 1.24. The molecular weight excluding hydrogens is 421 g/mol. The van der Waals surface area contributed by atoms with Crippen molar-refractivity contribution in [2.24, 2.45) is 0 Å². The van der Waals surface area contributed by atoms with Crippen molar-refractivity contribution < 1.29 is 21.2 Å². The van der Waals surface area contributed by atoms with Gasteiger partial charge >= 0.3 is 0 Å². The van der Waals surface area contributed by atoms with Gasteiger partial charge in [-0.2, -0.15) is 0 Å². The molecule has 1 aromatic heterocycles. The quantitative estimate of drug-likeness (QED) is 0.609. The average molecular weight is 440 g/mol. The normalized spacial score (nSPS) is 13.4. The zero-order valence-corrected chi connectivity index (χ0v) is 17.3. The molecule has 1 unspecified atom stereocenters. The van der Waals surface area contributed by atoms with Gasteiger partial charge in [-0.05, 0) is 54.3 Å². The Hall–Kier alpha value is -2.07. The third kappa shape index (κ3) is 4.33. The molecule has 0 aliphatic heterocycles. The zero-order valence-electron chi connectivity index (χ0n) is 14.9. The summed E-state index contributed by atoms with van der Waals surface area (Å²) in [5.74, 6) is -0.512. The Kier molecular flexibility index (Phi) is 5.99. The number of hydrogen-bond donors (Lipinski definition) is 1. The highest BCUT2D eigenvalue weighted by molar-refractivity contribution is 7.92. The van der Waals surface area contributed by atoms with E-state index in [1.54, 1.807) is 35.7 Å². The van der Waals surface area contributed by atoms with E-state index < -0.39 is 30.9 Å². The Morgan fingerprint density at radius 3 is 2.29 bits per heavy atom. The molecular formula is C19H18FNO4S3. The summed E-state index contributed by atoms with van der Waals surface area (Å²) in [6.45, 7) is 1.12. The monoisotopic (exact) mass is 439 g/mol. The largest absolute Gasteiger partial charge is 0.240 e. The molecule has 2 aromatic carbocycles. The van der Waals surface area contributed by atoms with Crippen molar-refractivity contribution in [3.63, 3.8) is 0 Å². The molecule has 0 aliphatic rings. The molecule has 0 spiro atoms. The number of aryl methyl sites for hydroxylation is 1. The second-order valence-electron chi connectivity index (χ2n) is 6.13. The standard InChI is InChI=1S/C19H18FNO4S3/c1-14-12-16(9-10-17(14)20)28(24,25)21-13-19(18-8-5-11-26-18)27(22,23)15-6-3-2-4-7-15/h2-12,19,21H,13H2,1H3. The number of hydrogen-bond acceptors (Lipinski definition) is 5. The molecule has 9 heteroatoms. The molecule has 0 radical (unpaired) electrons. The van der Waals surface area contributed by atoms with Gasteiger partial charge in [-0.1, -0.05) is 24.3 Å². The molecule has 0 fully saturated rings. The highest BCUT2D eigenvalue weighted by Gasteiger charge is 2.31. The highest BCUT2D eigenvalue weighted by Crippen LogP contribution is 2.31. The lowest BCUT2D eigenvalue weighted by Crippen LogP contribution is -2.31. The maximum absolute atomic E-state index is 13.4. The van der Waals surface area contributed by atoms with Crippen molar-refractivity contribution in [2.75, 3.05) is 6.54 Å². The lowest BCUT2D eigenvalue weighted by atomic mass is 10.2. The predicted octanol–water partition coefficient (Wildman–Crippen LogP) is 3.69. The minimum atomic E-state index is -4.00. The Morgan fingerprint density at radius 2 is 1.68 bits per heavy atom. The molecule has 0 amide bonds. The second kappa shape index (κ2) is 8.12. The van der Waals surface area contributed by atoms with Crippen molar-refractivity contribution in [3.8, 4) is 0 Å². The van der Waals surface area contributed by atoms with Crippen LogP contribution in [0.1, 0.15) is 15.7 Å². The minimum Gasteiger partial charge on any atom is -0.223 e. The van der Waals surface area contributed by atoms with E-state index in [1.165, 1.54) is 36.5 Å². The summed E-state index contributed by atoms with van der Waals surface area (Å²) < 4.78 is 67.2. The first-order chi connectivity index (χ1) is 13.2. The van der Waals surface area contributed by atoms with Crippen molar-refractivity contribution in [2.45, 2.75) is 22.0 Å². The first-order valence-corrected chi connectivity index (χ1v) is 12.2. The number of rotatable bonds is 7. The number of thiophene rings is 1. The number of nitrogens with one attached hydrogen (secondary N) is 1. The molecule has 0 aliphatic carbocycles. The van der Waals surface area contributed by atoms with Crippen LogP contribution in [0.3, 0.4) is 0 Å². The van der Waals surface area contributed by atoms with Gasteiger partial charge in [-0.25, -0.2) is 25.9 Å². The van der Waals surface area contributed by atoms with Crippen LogP contribution in [-0.4, -0.2) is 23.4 Å². The van der Waals surface area contributed by atoms with Gasteiger partial charge in [0.1, 0.15) is 11.1 Å². The highest BCUT2D eigenvalue weighted by atomic mass is 32.2. The van der Waals surface area contributed by atoms with Crippen molar-refractivity contribution >= 4 is 31.2 Å². The maximum atomic E-state index is 13.4. The first kappa shape index (κ1) is 20.7. The van der Waals surface area contributed by atoms with Gasteiger partial charge in [0.25, 0.3) is 0 Å². The Morgan fingerprint density at radius 1 is 0.964 bits per heavy atom. The Labute approximate surface area is 167 Å². The van der Waals surface area contributed by atoms with E-state index in [0.717, 1.165) is 12.1 Å². The molecule has 1 N–H and O–H groups in total. The third-order valence-electron chi connectivity index (χ3n) is 4.21. The number of sulfonamides is 1.